The molecule has 2 saturated heterocycles. The molecule has 2 aromatic rings. The average molecular weight is 548 g/mol. The van der Waals surface area contributed by atoms with Crippen molar-refractivity contribution in [2.45, 2.75) is 37.7 Å². The first-order chi connectivity index (χ1) is 17.9. The van der Waals surface area contributed by atoms with Crippen molar-refractivity contribution in [1.29, 1.82) is 0 Å². The van der Waals surface area contributed by atoms with Crippen LogP contribution >= 0.6 is 0 Å². The number of H-pyrrole nitrogens is 1. The monoisotopic (exact) mass is 548 g/mol. The summed E-state index contributed by atoms with van der Waals surface area (Å²) in [6.07, 6.45) is -4.99. The minimum absolute atomic E-state index is 0.111. The molecule has 4 rings (SSSR count). The number of halogens is 6. The van der Waals surface area contributed by atoms with Crippen LogP contribution < -0.4 is 15.4 Å². The van der Waals surface area contributed by atoms with Crippen LogP contribution in [0.5, 0.6) is 0 Å². The number of anilines is 2. The number of ether oxygens (including phenoxy) is 1. The van der Waals surface area contributed by atoms with Gasteiger partial charge >= 0.3 is 12.4 Å². The molecular weight excluding hydrogens is 522 g/mol. The molecule has 0 aromatic carbocycles. The van der Waals surface area contributed by atoms with Crippen LogP contribution in [0.2, 0.25) is 0 Å². The molecule has 2 aliphatic heterocycles. The molecule has 1 unspecified atom stereocenters. The molecule has 4 heterocycles. The average Bonchev–Trinajstić information content (AvgIpc) is 3.34. The summed E-state index contributed by atoms with van der Waals surface area (Å²) in [6.45, 7) is 2.31. The first-order valence-electron chi connectivity index (χ1n) is 12.0. The van der Waals surface area contributed by atoms with E-state index in [1.165, 1.54) is 6.20 Å². The van der Waals surface area contributed by atoms with Gasteiger partial charge in [0.25, 0.3) is 5.56 Å². The highest BCUT2D eigenvalue weighted by atomic mass is 19.4. The van der Waals surface area contributed by atoms with Crippen LogP contribution in [-0.4, -0.2) is 77.7 Å². The number of amides is 1. The quantitative estimate of drug-likeness (QED) is 0.420. The van der Waals surface area contributed by atoms with Crippen molar-refractivity contribution >= 4 is 17.5 Å². The first kappa shape index (κ1) is 27.7. The molecule has 9 nitrogen and oxygen atoms in total. The van der Waals surface area contributed by atoms with Crippen LogP contribution in [0.4, 0.5) is 38.0 Å². The third-order valence-corrected chi connectivity index (χ3v) is 6.55. The molecule has 2 aromatic heterocycles. The number of hydrogen-bond donors (Lipinski definition) is 1. The van der Waals surface area contributed by atoms with E-state index in [0.29, 0.717) is 39.1 Å². The van der Waals surface area contributed by atoms with Gasteiger partial charge in [0.2, 0.25) is 11.9 Å². The molecular formula is C23H26F6N6O3. The molecule has 1 atom stereocenters. The van der Waals surface area contributed by atoms with Crippen LogP contribution in [0.25, 0.3) is 0 Å². The summed E-state index contributed by atoms with van der Waals surface area (Å²) in [6, 6.07) is 0.653. The smallest absolute Gasteiger partial charge is 0.379 e. The van der Waals surface area contributed by atoms with Gasteiger partial charge in [-0.05, 0) is 18.9 Å². The largest absolute Gasteiger partial charge is 0.421 e. The minimum Gasteiger partial charge on any atom is -0.379 e. The second-order valence-corrected chi connectivity index (χ2v) is 9.05. The second kappa shape index (κ2) is 11.2. The summed E-state index contributed by atoms with van der Waals surface area (Å²) in [5.74, 6) is 0.0242. The molecule has 0 bridgehead atoms. The van der Waals surface area contributed by atoms with E-state index < -0.39 is 29.0 Å². The number of pyridine rings is 1. The van der Waals surface area contributed by atoms with Gasteiger partial charge in [0.15, 0.2) is 0 Å². The van der Waals surface area contributed by atoms with Gasteiger partial charge in [-0.1, -0.05) is 0 Å². The molecule has 1 N–H and O–H groups in total. The number of piperazine rings is 1. The molecule has 0 aliphatic carbocycles. The van der Waals surface area contributed by atoms with E-state index in [-0.39, 0.29) is 43.2 Å². The fraction of sp³-hybridized carbons (Fsp3) is 0.565. The Kier molecular flexibility index (Phi) is 8.13. The summed E-state index contributed by atoms with van der Waals surface area (Å²) in [4.78, 5) is 38.9. The molecule has 2 aliphatic rings. The lowest BCUT2D eigenvalue weighted by Crippen LogP contribution is -2.49. The highest BCUT2D eigenvalue weighted by molar-refractivity contribution is 5.76. The number of carbonyl (C=O) groups is 1. The van der Waals surface area contributed by atoms with Crippen LogP contribution in [0.3, 0.4) is 0 Å². The van der Waals surface area contributed by atoms with Gasteiger partial charge in [-0.2, -0.15) is 26.3 Å². The molecule has 15 heteroatoms. The normalized spacial score (nSPS) is 18.8. The minimum atomic E-state index is -4.76. The van der Waals surface area contributed by atoms with Crippen LogP contribution in [0.1, 0.15) is 30.4 Å². The maximum Gasteiger partial charge on any atom is 0.421 e. The molecule has 2 fully saturated rings. The Morgan fingerprint density at radius 3 is 2.34 bits per heavy atom. The highest BCUT2D eigenvalue weighted by Crippen LogP contribution is 2.31. The fourth-order valence-electron chi connectivity index (χ4n) is 4.52. The van der Waals surface area contributed by atoms with Gasteiger partial charge in [0.05, 0.1) is 36.9 Å². The Bertz CT molecular complexity index is 1160. The number of nitrogens with one attached hydrogen (secondary N) is 1. The number of aromatic amines is 1. The number of hydrogen-bond acceptors (Lipinski definition) is 7. The van der Waals surface area contributed by atoms with Crippen LogP contribution in [0.15, 0.2) is 29.5 Å². The number of aromatic nitrogens is 3. The van der Waals surface area contributed by atoms with E-state index in [1.54, 1.807) is 14.7 Å². The molecule has 1 amide bonds. The van der Waals surface area contributed by atoms with Crippen molar-refractivity contribution in [2.24, 2.45) is 0 Å². The zero-order chi connectivity index (χ0) is 27.5. The van der Waals surface area contributed by atoms with Gasteiger partial charge in [-0.15, -0.1) is 0 Å². The highest BCUT2D eigenvalue weighted by Gasteiger charge is 2.36. The third-order valence-electron chi connectivity index (χ3n) is 6.55. The van der Waals surface area contributed by atoms with E-state index in [4.69, 9.17) is 4.74 Å². The number of nitrogens with zero attached hydrogens (tertiary/aromatic N) is 5. The number of alkyl halides is 6. The number of carbonyl (C=O) groups excluding carboxylic acids is 1. The Hall–Kier alpha value is -3.36. The van der Waals surface area contributed by atoms with E-state index >= 15 is 0 Å². The third kappa shape index (κ3) is 6.55. The summed E-state index contributed by atoms with van der Waals surface area (Å²) in [7, 11) is 0. The van der Waals surface area contributed by atoms with Gasteiger partial charge in [-0.25, -0.2) is 9.97 Å². The summed E-state index contributed by atoms with van der Waals surface area (Å²) in [5, 5.41) is 0. The van der Waals surface area contributed by atoms with Crippen molar-refractivity contribution in [2.75, 3.05) is 55.7 Å². The van der Waals surface area contributed by atoms with E-state index in [1.807, 2.05) is 0 Å². The molecule has 208 valence electrons. The van der Waals surface area contributed by atoms with E-state index in [0.717, 1.165) is 24.9 Å². The molecule has 0 radical (unpaired) electrons. The predicted molar refractivity (Wildman–Crippen MR) is 124 cm³/mol. The van der Waals surface area contributed by atoms with E-state index in [9.17, 15) is 35.9 Å². The van der Waals surface area contributed by atoms with Crippen molar-refractivity contribution in [3.05, 3.63) is 46.1 Å². The summed E-state index contributed by atoms with van der Waals surface area (Å²) >= 11 is 0. The van der Waals surface area contributed by atoms with Gasteiger partial charge in [-0.3, -0.25) is 9.59 Å². The zero-order valence-corrected chi connectivity index (χ0v) is 20.2. The standard InChI is InChI=1S/C23H26F6N6O3/c24-22(25,26)15-11-31-21(32-12-15)34-7-5-33(6-8-34)19(36)3-9-38-14-16-2-1-4-35(16)17-10-18(23(27,28)29)20(37)30-13-17/h10-13,16H,1-9,14H2,(H,30,37). The second-order valence-electron chi connectivity index (χ2n) is 9.05. The zero-order valence-electron chi connectivity index (χ0n) is 20.2. The Labute approximate surface area is 213 Å². The molecule has 38 heavy (non-hydrogen) atoms. The Morgan fingerprint density at radius 1 is 1.03 bits per heavy atom. The maximum atomic E-state index is 13.1. The molecule has 0 spiro atoms. The first-order valence-corrected chi connectivity index (χ1v) is 12.0. The predicted octanol–water partition coefficient (Wildman–Crippen LogP) is 2.93. The lowest BCUT2D eigenvalue weighted by Gasteiger charge is -2.34. The van der Waals surface area contributed by atoms with Crippen LogP contribution in [0, 0.1) is 0 Å². The lowest BCUT2D eigenvalue weighted by molar-refractivity contribution is -0.139. The van der Waals surface area contributed by atoms with E-state index in [2.05, 4.69) is 15.0 Å². The molecule has 0 saturated carbocycles. The lowest BCUT2D eigenvalue weighted by atomic mass is 10.2. The SMILES string of the molecule is O=C(CCOCC1CCCN1c1c[nH]c(=O)c(C(F)(F)F)c1)N1CCN(c2ncc(C(F)(F)F)cn2)CC1. The maximum absolute atomic E-state index is 13.1. The van der Waals surface area contributed by atoms with Crippen molar-refractivity contribution in [3.63, 3.8) is 0 Å². The summed E-state index contributed by atoms with van der Waals surface area (Å²) in [5.41, 5.74) is -3.12. The van der Waals surface area contributed by atoms with Crippen molar-refractivity contribution in [3.8, 4) is 0 Å². The fourth-order valence-corrected chi connectivity index (χ4v) is 4.52. The van der Waals surface area contributed by atoms with Crippen LogP contribution in [-0.2, 0) is 21.9 Å². The number of rotatable bonds is 7. The van der Waals surface area contributed by atoms with Gasteiger partial charge in [0.1, 0.15) is 5.56 Å². The van der Waals surface area contributed by atoms with Crippen molar-refractivity contribution < 1.29 is 35.9 Å². The topological polar surface area (TPSA) is 94.7 Å². The van der Waals surface area contributed by atoms with Gasteiger partial charge in [0, 0.05) is 51.3 Å². The Balaban J connectivity index is 1.21. The van der Waals surface area contributed by atoms with Gasteiger partial charge < -0.3 is 24.4 Å². The van der Waals surface area contributed by atoms with Crippen molar-refractivity contribution in [1.82, 2.24) is 19.9 Å². The Morgan fingerprint density at radius 2 is 1.71 bits per heavy atom. The summed E-state index contributed by atoms with van der Waals surface area (Å²) < 4.78 is 83.0.